The predicted octanol–water partition coefficient (Wildman–Crippen LogP) is 5.27. The van der Waals surface area contributed by atoms with Crippen LogP contribution in [0.5, 0.6) is 0 Å². The lowest BCUT2D eigenvalue weighted by Gasteiger charge is -2.23. The van der Waals surface area contributed by atoms with Crippen molar-refractivity contribution in [3.8, 4) is 0 Å². The molecule has 8 heteroatoms. The normalized spacial score (nSPS) is 10.5. The van der Waals surface area contributed by atoms with Crippen LogP contribution in [0.15, 0.2) is 42.5 Å². The molecule has 6 nitrogen and oxygen atoms in total. The zero-order chi connectivity index (χ0) is 20.8. The summed E-state index contributed by atoms with van der Waals surface area (Å²) in [6.45, 7) is 6.60. The summed E-state index contributed by atoms with van der Waals surface area (Å²) >= 11 is 10.6. The maximum Gasteiger partial charge on any atom is 0.336 e. The molecule has 2 aromatic carbocycles. The molecular formula is C20H25ClN4O2S. The van der Waals surface area contributed by atoms with Gasteiger partial charge in [-0.2, -0.15) is 0 Å². The first kappa shape index (κ1) is 21.9. The molecule has 0 spiro atoms. The zero-order valence-corrected chi connectivity index (χ0v) is 18.0. The van der Waals surface area contributed by atoms with Crippen LogP contribution in [0.1, 0.15) is 20.8 Å². The Morgan fingerprint density at radius 1 is 1.07 bits per heavy atom. The smallest absolute Gasteiger partial charge is 0.336 e. The van der Waals surface area contributed by atoms with E-state index in [0.717, 1.165) is 12.2 Å². The minimum absolute atomic E-state index is 0.160. The number of rotatable bonds is 6. The maximum atomic E-state index is 12.5. The number of halogens is 1. The fourth-order valence-corrected chi connectivity index (χ4v) is 3.23. The monoisotopic (exact) mass is 420 g/mol. The fourth-order valence-electron chi connectivity index (χ4n) is 2.72. The van der Waals surface area contributed by atoms with Gasteiger partial charge in [-0.1, -0.05) is 38.3 Å². The highest BCUT2D eigenvalue weighted by Crippen LogP contribution is 2.29. The second-order valence-electron chi connectivity index (χ2n) is 6.91. The van der Waals surface area contributed by atoms with E-state index in [-0.39, 0.29) is 5.91 Å². The van der Waals surface area contributed by atoms with E-state index >= 15 is 0 Å². The van der Waals surface area contributed by atoms with Gasteiger partial charge >= 0.3 is 6.03 Å². The number of benzene rings is 2. The summed E-state index contributed by atoms with van der Waals surface area (Å²) in [5, 5.41) is 6.00. The largest absolute Gasteiger partial charge is 0.373 e. The Balaban J connectivity index is 2.05. The summed E-state index contributed by atoms with van der Waals surface area (Å²) in [6, 6.07) is 11.8. The minimum Gasteiger partial charge on any atom is -0.373 e. The second-order valence-corrected chi connectivity index (χ2v) is 7.72. The molecule has 0 aliphatic heterocycles. The molecule has 2 N–H and O–H groups in total. The summed E-state index contributed by atoms with van der Waals surface area (Å²) in [6.07, 6.45) is 0. The van der Waals surface area contributed by atoms with Gasteiger partial charge < -0.3 is 15.5 Å². The Kier molecular flexibility index (Phi) is 7.60. The SMILES string of the molecule is CC(=O)Nc1ccc(N(S)C(=O)Nc2ccc(N(C)CC(C)C)c(Cl)c2)cc1. The summed E-state index contributed by atoms with van der Waals surface area (Å²) in [5.41, 5.74) is 2.69. The minimum atomic E-state index is -0.421. The van der Waals surface area contributed by atoms with E-state index in [0.29, 0.717) is 28.0 Å². The summed E-state index contributed by atoms with van der Waals surface area (Å²) in [7, 11) is 1.99. The van der Waals surface area contributed by atoms with Crippen LogP contribution in [0.2, 0.25) is 5.02 Å². The van der Waals surface area contributed by atoms with Gasteiger partial charge in [-0.15, -0.1) is 0 Å². The Bertz CT molecular complexity index is 843. The average Bonchev–Trinajstić information content (AvgIpc) is 2.60. The molecule has 0 aliphatic rings. The highest BCUT2D eigenvalue weighted by atomic mass is 35.5. The summed E-state index contributed by atoms with van der Waals surface area (Å²) in [4.78, 5) is 25.6. The van der Waals surface area contributed by atoms with E-state index < -0.39 is 6.03 Å². The highest BCUT2D eigenvalue weighted by molar-refractivity contribution is 7.82. The molecule has 28 heavy (non-hydrogen) atoms. The van der Waals surface area contributed by atoms with Gasteiger partial charge in [0.1, 0.15) is 0 Å². The first-order valence-corrected chi connectivity index (χ1v) is 9.63. The molecule has 0 unspecified atom stereocenters. The molecule has 3 amide bonds. The van der Waals surface area contributed by atoms with Gasteiger partial charge in [0.2, 0.25) is 5.91 Å². The van der Waals surface area contributed by atoms with Gasteiger partial charge in [-0.3, -0.25) is 4.79 Å². The number of nitrogens with zero attached hydrogens (tertiary/aromatic N) is 2. The quantitative estimate of drug-likeness (QED) is 0.557. The Morgan fingerprint density at radius 3 is 2.21 bits per heavy atom. The third kappa shape index (κ3) is 6.07. The van der Waals surface area contributed by atoms with Gasteiger partial charge in [0.05, 0.1) is 16.4 Å². The van der Waals surface area contributed by atoms with Crippen LogP contribution in [0.25, 0.3) is 0 Å². The topological polar surface area (TPSA) is 64.7 Å². The van der Waals surface area contributed by atoms with Crippen molar-refractivity contribution in [2.75, 3.05) is 33.4 Å². The van der Waals surface area contributed by atoms with Gasteiger partial charge in [-0.05, 0) is 48.4 Å². The Labute approximate surface area is 176 Å². The average molecular weight is 421 g/mol. The lowest BCUT2D eigenvalue weighted by Crippen LogP contribution is -2.27. The second kappa shape index (κ2) is 9.71. The fraction of sp³-hybridized carbons (Fsp3) is 0.300. The van der Waals surface area contributed by atoms with Crippen LogP contribution in [0, 0.1) is 5.92 Å². The number of anilines is 4. The number of carbonyl (C=O) groups is 2. The molecule has 0 fully saturated rings. The van der Waals surface area contributed by atoms with Crippen molar-refractivity contribution in [3.63, 3.8) is 0 Å². The van der Waals surface area contributed by atoms with Gasteiger partial charge in [-0.25, -0.2) is 9.10 Å². The van der Waals surface area contributed by atoms with Crippen molar-refractivity contribution in [1.29, 1.82) is 0 Å². The third-order valence-electron chi connectivity index (χ3n) is 3.87. The summed E-state index contributed by atoms with van der Waals surface area (Å²) < 4.78 is 1.18. The van der Waals surface area contributed by atoms with E-state index in [2.05, 4.69) is 42.2 Å². The van der Waals surface area contributed by atoms with Crippen molar-refractivity contribution in [2.24, 2.45) is 5.92 Å². The molecule has 0 heterocycles. The molecule has 2 rings (SSSR count). The van der Waals surface area contributed by atoms with Gasteiger partial charge in [0.25, 0.3) is 0 Å². The van der Waals surface area contributed by atoms with Crippen molar-refractivity contribution in [3.05, 3.63) is 47.5 Å². The van der Waals surface area contributed by atoms with Crippen LogP contribution >= 0.6 is 24.4 Å². The first-order valence-electron chi connectivity index (χ1n) is 8.85. The number of hydrogen-bond acceptors (Lipinski definition) is 4. The number of amides is 3. The Hall–Kier alpha value is -2.38. The molecule has 0 bridgehead atoms. The number of nitrogens with one attached hydrogen (secondary N) is 2. The van der Waals surface area contributed by atoms with E-state index in [1.807, 2.05) is 13.1 Å². The van der Waals surface area contributed by atoms with Crippen LogP contribution < -0.4 is 19.8 Å². The summed E-state index contributed by atoms with van der Waals surface area (Å²) in [5.74, 6) is 0.350. The number of urea groups is 1. The van der Waals surface area contributed by atoms with Gasteiger partial charge in [0.15, 0.2) is 0 Å². The standard InChI is InChI=1S/C20H25ClN4O2S/c1-13(2)12-24(4)19-10-7-16(11-18(19)21)23-20(27)25(28)17-8-5-15(6-9-17)22-14(3)26/h5-11,13,28H,12H2,1-4H3,(H,22,26)(H,23,27). The van der Waals surface area contributed by atoms with E-state index in [4.69, 9.17) is 11.6 Å². The number of carbonyl (C=O) groups excluding carboxylic acids is 2. The van der Waals surface area contributed by atoms with Crippen molar-refractivity contribution in [1.82, 2.24) is 0 Å². The maximum absolute atomic E-state index is 12.5. The Morgan fingerprint density at radius 2 is 1.68 bits per heavy atom. The van der Waals surface area contributed by atoms with E-state index in [1.54, 1.807) is 36.4 Å². The lowest BCUT2D eigenvalue weighted by atomic mass is 10.2. The molecule has 150 valence electrons. The molecule has 0 saturated heterocycles. The van der Waals surface area contributed by atoms with E-state index in [1.165, 1.54) is 11.2 Å². The highest BCUT2D eigenvalue weighted by Gasteiger charge is 2.14. The van der Waals surface area contributed by atoms with Crippen LogP contribution in [0.4, 0.5) is 27.5 Å². The predicted molar refractivity (Wildman–Crippen MR) is 121 cm³/mol. The third-order valence-corrected chi connectivity index (χ3v) is 4.59. The van der Waals surface area contributed by atoms with Crippen LogP contribution in [0.3, 0.4) is 0 Å². The molecular weight excluding hydrogens is 396 g/mol. The number of thiol groups is 1. The zero-order valence-electron chi connectivity index (χ0n) is 16.4. The number of hydrogen-bond donors (Lipinski definition) is 3. The first-order chi connectivity index (χ1) is 13.2. The van der Waals surface area contributed by atoms with Crippen molar-refractivity contribution < 1.29 is 9.59 Å². The lowest BCUT2D eigenvalue weighted by molar-refractivity contribution is -0.114. The molecule has 0 aliphatic carbocycles. The molecule has 0 radical (unpaired) electrons. The van der Waals surface area contributed by atoms with Crippen molar-refractivity contribution >= 4 is 59.1 Å². The van der Waals surface area contributed by atoms with Crippen LogP contribution in [-0.2, 0) is 4.79 Å². The van der Waals surface area contributed by atoms with Crippen molar-refractivity contribution in [2.45, 2.75) is 20.8 Å². The molecule has 0 atom stereocenters. The molecule has 0 aromatic heterocycles. The van der Waals surface area contributed by atoms with E-state index in [9.17, 15) is 9.59 Å². The van der Waals surface area contributed by atoms with Gasteiger partial charge in [0, 0.05) is 31.9 Å². The molecule has 2 aromatic rings. The van der Waals surface area contributed by atoms with Crippen LogP contribution in [-0.4, -0.2) is 25.5 Å². The molecule has 0 saturated carbocycles.